The first-order chi connectivity index (χ1) is 7.22. The van der Waals surface area contributed by atoms with E-state index in [1.807, 2.05) is 12.1 Å². The van der Waals surface area contributed by atoms with Gasteiger partial charge in [0.25, 0.3) is 0 Å². The highest BCUT2D eigenvalue weighted by atomic mass is 35.5. The van der Waals surface area contributed by atoms with Crippen molar-refractivity contribution in [1.29, 1.82) is 0 Å². The Bertz CT molecular complexity index is 389. The van der Waals surface area contributed by atoms with Crippen molar-refractivity contribution in [2.24, 2.45) is 0 Å². The monoisotopic (exact) mass is 223 g/mol. The van der Waals surface area contributed by atoms with Gasteiger partial charge in [0.05, 0.1) is 10.7 Å². The molecule has 15 heavy (non-hydrogen) atoms. The van der Waals surface area contributed by atoms with E-state index in [9.17, 15) is 4.79 Å². The standard InChI is InChI=1S/C12H14ClNO/c1-2-4-8-7-11(15)14-12-9(8)5-3-6-10(12)13/h3,5-6,8H,2,4,7H2,1H3,(H,14,15). The topological polar surface area (TPSA) is 29.1 Å². The minimum Gasteiger partial charge on any atom is -0.325 e. The van der Waals surface area contributed by atoms with E-state index in [0.29, 0.717) is 17.4 Å². The molecule has 80 valence electrons. The summed E-state index contributed by atoms with van der Waals surface area (Å²) in [6.45, 7) is 2.14. The van der Waals surface area contributed by atoms with Crippen molar-refractivity contribution in [2.75, 3.05) is 5.32 Å². The number of rotatable bonds is 2. The van der Waals surface area contributed by atoms with Crippen LogP contribution in [-0.2, 0) is 4.79 Å². The quantitative estimate of drug-likeness (QED) is 0.816. The maximum Gasteiger partial charge on any atom is 0.225 e. The second kappa shape index (κ2) is 4.23. The third kappa shape index (κ3) is 2.00. The highest BCUT2D eigenvalue weighted by molar-refractivity contribution is 6.34. The number of hydrogen-bond donors (Lipinski definition) is 1. The fraction of sp³-hybridized carbons (Fsp3) is 0.417. The van der Waals surface area contributed by atoms with E-state index in [1.165, 1.54) is 5.56 Å². The molecule has 3 heteroatoms. The van der Waals surface area contributed by atoms with Crippen molar-refractivity contribution >= 4 is 23.2 Å². The first-order valence-electron chi connectivity index (χ1n) is 5.30. The van der Waals surface area contributed by atoms with Crippen LogP contribution in [0.4, 0.5) is 5.69 Å². The number of carbonyl (C=O) groups is 1. The molecule has 1 atom stereocenters. The van der Waals surface area contributed by atoms with Gasteiger partial charge in [0, 0.05) is 6.42 Å². The molecule has 0 radical (unpaired) electrons. The number of benzene rings is 1. The average Bonchev–Trinajstić information content (AvgIpc) is 2.20. The maximum atomic E-state index is 11.5. The van der Waals surface area contributed by atoms with Crippen LogP contribution < -0.4 is 5.32 Å². The van der Waals surface area contributed by atoms with E-state index in [1.54, 1.807) is 0 Å². The number of carbonyl (C=O) groups excluding carboxylic acids is 1. The van der Waals surface area contributed by atoms with Crippen LogP contribution in [0.5, 0.6) is 0 Å². The van der Waals surface area contributed by atoms with E-state index in [4.69, 9.17) is 11.6 Å². The van der Waals surface area contributed by atoms with Crippen LogP contribution in [0.1, 0.15) is 37.7 Å². The van der Waals surface area contributed by atoms with E-state index in [0.717, 1.165) is 18.5 Å². The number of para-hydroxylation sites is 1. The lowest BCUT2D eigenvalue weighted by molar-refractivity contribution is -0.116. The van der Waals surface area contributed by atoms with Crippen LogP contribution >= 0.6 is 11.6 Å². The van der Waals surface area contributed by atoms with Gasteiger partial charge in [-0.15, -0.1) is 0 Å². The minimum atomic E-state index is 0.0778. The number of anilines is 1. The van der Waals surface area contributed by atoms with Gasteiger partial charge >= 0.3 is 0 Å². The van der Waals surface area contributed by atoms with Gasteiger partial charge in [-0.25, -0.2) is 0 Å². The Kier molecular flexibility index (Phi) is 2.96. The molecule has 2 rings (SSSR count). The predicted octanol–water partition coefficient (Wildman–Crippen LogP) is 3.57. The molecule has 1 amide bonds. The molecule has 0 aromatic heterocycles. The Morgan fingerprint density at radius 2 is 2.33 bits per heavy atom. The van der Waals surface area contributed by atoms with E-state index in [2.05, 4.69) is 18.3 Å². The lowest BCUT2D eigenvalue weighted by Crippen LogP contribution is -2.23. The smallest absolute Gasteiger partial charge is 0.225 e. The van der Waals surface area contributed by atoms with Crippen molar-refractivity contribution < 1.29 is 4.79 Å². The second-order valence-electron chi connectivity index (χ2n) is 3.94. The van der Waals surface area contributed by atoms with Gasteiger partial charge in [0.15, 0.2) is 0 Å². The molecule has 0 saturated carbocycles. The summed E-state index contributed by atoms with van der Waals surface area (Å²) in [6.07, 6.45) is 2.71. The van der Waals surface area contributed by atoms with Crippen LogP contribution in [-0.4, -0.2) is 5.91 Å². The normalized spacial score (nSPS) is 19.6. The van der Waals surface area contributed by atoms with Gasteiger partial charge in [-0.1, -0.05) is 37.1 Å². The zero-order valence-electron chi connectivity index (χ0n) is 8.72. The van der Waals surface area contributed by atoms with E-state index < -0.39 is 0 Å². The van der Waals surface area contributed by atoms with Crippen LogP contribution in [0.25, 0.3) is 0 Å². The summed E-state index contributed by atoms with van der Waals surface area (Å²) in [5.74, 6) is 0.409. The molecular weight excluding hydrogens is 210 g/mol. The van der Waals surface area contributed by atoms with Gasteiger partial charge in [-0.05, 0) is 24.0 Å². The lowest BCUT2D eigenvalue weighted by Gasteiger charge is -2.25. The average molecular weight is 224 g/mol. The molecule has 1 aliphatic heterocycles. The third-order valence-corrected chi connectivity index (χ3v) is 3.13. The molecule has 0 aliphatic carbocycles. The third-order valence-electron chi connectivity index (χ3n) is 2.82. The summed E-state index contributed by atoms with van der Waals surface area (Å²) < 4.78 is 0. The van der Waals surface area contributed by atoms with Crippen LogP contribution in [0, 0.1) is 0 Å². The van der Waals surface area contributed by atoms with Gasteiger partial charge in [0.2, 0.25) is 5.91 Å². The first-order valence-corrected chi connectivity index (χ1v) is 5.68. The van der Waals surface area contributed by atoms with E-state index >= 15 is 0 Å². The first kappa shape index (κ1) is 10.5. The fourth-order valence-corrected chi connectivity index (χ4v) is 2.37. The Labute approximate surface area is 94.6 Å². The van der Waals surface area contributed by atoms with Gasteiger partial charge in [-0.2, -0.15) is 0 Å². The fourth-order valence-electron chi connectivity index (χ4n) is 2.14. The summed E-state index contributed by atoms with van der Waals surface area (Å²) in [5.41, 5.74) is 2.00. The summed E-state index contributed by atoms with van der Waals surface area (Å²) in [5, 5.41) is 3.49. The summed E-state index contributed by atoms with van der Waals surface area (Å²) in [6, 6.07) is 5.82. The molecule has 1 N–H and O–H groups in total. The van der Waals surface area contributed by atoms with Crippen LogP contribution in [0.2, 0.25) is 5.02 Å². The molecule has 0 spiro atoms. The molecular formula is C12H14ClNO. The summed E-state index contributed by atoms with van der Waals surface area (Å²) >= 11 is 6.06. The Hall–Kier alpha value is -1.02. The van der Waals surface area contributed by atoms with Gasteiger partial charge < -0.3 is 5.32 Å². The van der Waals surface area contributed by atoms with Crippen LogP contribution in [0.15, 0.2) is 18.2 Å². The molecule has 0 bridgehead atoms. The predicted molar refractivity (Wildman–Crippen MR) is 62.3 cm³/mol. The molecule has 1 aliphatic rings. The molecule has 1 aromatic rings. The van der Waals surface area contributed by atoms with Crippen LogP contribution in [0.3, 0.4) is 0 Å². The molecule has 1 heterocycles. The highest BCUT2D eigenvalue weighted by Gasteiger charge is 2.25. The summed E-state index contributed by atoms with van der Waals surface area (Å²) in [7, 11) is 0. The molecule has 0 saturated heterocycles. The Balaban J connectivity index is 2.41. The second-order valence-corrected chi connectivity index (χ2v) is 4.35. The van der Waals surface area contributed by atoms with Crippen molar-refractivity contribution in [3.8, 4) is 0 Å². The van der Waals surface area contributed by atoms with Crippen molar-refractivity contribution in [3.05, 3.63) is 28.8 Å². The van der Waals surface area contributed by atoms with Gasteiger partial charge in [0.1, 0.15) is 0 Å². The zero-order chi connectivity index (χ0) is 10.8. The molecule has 0 fully saturated rings. The Morgan fingerprint density at radius 3 is 3.07 bits per heavy atom. The molecule has 2 nitrogen and oxygen atoms in total. The molecule has 1 unspecified atom stereocenters. The van der Waals surface area contributed by atoms with Crippen molar-refractivity contribution in [2.45, 2.75) is 32.1 Å². The number of nitrogens with one attached hydrogen (secondary N) is 1. The Morgan fingerprint density at radius 1 is 1.53 bits per heavy atom. The largest absolute Gasteiger partial charge is 0.325 e. The van der Waals surface area contributed by atoms with Crippen molar-refractivity contribution in [1.82, 2.24) is 0 Å². The number of fused-ring (bicyclic) bond motifs is 1. The minimum absolute atomic E-state index is 0.0778. The summed E-state index contributed by atoms with van der Waals surface area (Å²) in [4.78, 5) is 11.5. The van der Waals surface area contributed by atoms with Crippen molar-refractivity contribution in [3.63, 3.8) is 0 Å². The number of hydrogen-bond acceptors (Lipinski definition) is 1. The number of halogens is 1. The highest BCUT2D eigenvalue weighted by Crippen LogP contribution is 2.38. The SMILES string of the molecule is CCCC1CC(=O)Nc2c(Cl)cccc21. The maximum absolute atomic E-state index is 11.5. The number of amides is 1. The zero-order valence-corrected chi connectivity index (χ0v) is 9.47. The lowest BCUT2D eigenvalue weighted by atomic mass is 9.87. The van der Waals surface area contributed by atoms with E-state index in [-0.39, 0.29) is 5.91 Å². The molecule has 1 aromatic carbocycles. The van der Waals surface area contributed by atoms with Gasteiger partial charge in [-0.3, -0.25) is 4.79 Å².